The van der Waals surface area contributed by atoms with Crippen molar-refractivity contribution in [3.8, 4) is 0 Å². The Kier molecular flexibility index (Phi) is 10.6. The quantitative estimate of drug-likeness (QED) is 0.289. The summed E-state index contributed by atoms with van der Waals surface area (Å²) in [5, 5.41) is 9.64. The summed E-state index contributed by atoms with van der Waals surface area (Å²) in [4.78, 5) is 22.3. The molecule has 0 amide bonds. The molecule has 0 spiro atoms. The zero-order valence-electron chi connectivity index (χ0n) is 12.7. The highest BCUT2D eigenvalue weighted by molar-refractivity contribution is 5.95. The van der Waals surface area contributed by atoms with E-state index in [1.165, 1.54) is 31.9 Å². The van der Waals surface area contributed by atoms with Gasteiger partial charge in [0.25, 0.3) is 0 Å². The molecule has 4 nitrogen and oxygen atoms in total. The molecular weight excluding hydrogens is 256 g/mol. The number of hydrogen-bond acceptors (Lipinski definition) is 4. The van der Waals surface area contributed by atoms with Gasteiger partial charge < -0.3 is 9.84 Å². The van der Waals surface area contributed by atoms with Gasteiger partial charge in [-0.1, -0.05) is 43.6 Å². The lowest BCUT2D eigenvalue weighted by atomic mass is 10.1. The molecule has 20 heavy (non-hydrogen) atoms. The van der Waals surface area contributed by atoms with Crippen LogP contribution in [0.25, 0.3) is 0 Å². The van der Waals surface area contributed by atoms with Gasteiger partial charge in [-0.15, -0.1) is 0 Å². The molecule has 0 aliphatic rings. The highest BCUT2D eigenvalue weighted by Crippen LogP contribution is 2.08. The Morgan fingerprint density at radius 1 is 1.30 bits per heavy atom. The largest absolute Gasteiger partial charge is 0.469 e. The van der Waals surface area contributed by atoms with Gasteiger partial charge in [-0.3, -0.25) is 9.59 Å². The summed E-state index contributed by atoms with van der Waals surface area (Å²) in [6.07, 6.45) is 8.72. The molecule has 0 aromatic carbocycles. The molecule has 0 aromatic rings. The van der Waals surface area contributed by atoms with Crippen molar-refractivity contribution in [2.75, 3.05) is 7.11 Å². The van der Waals surface area contributed by atoms with Crippen LogP contribution in [0.3, 0.4) is 0 Å². The zero-order chi connectivity index (χ0) is 15.4. The van der Waals surface area contributed by atoms with Crippen LogP contribution in [-0.2, 0) is 14.3 Å². The van der Waals surface area contributed by atoms with E-state index in [2.05, 4.69) is 18.6 Å². The molecule has 0 aliphatic heterocycles. The number of rotatable bonds is 10. The SMILES string of the molecule is CCCCCC(C)=CC=CC(O)CC(=O)CC(=O)OC. The highest BCUT2D eigenvalue weighted by atomic mass is 16.5. The van der Waals surface area contributed by atoms with Gasteiger partial charge in [-0.05, 0) is 19.8 Å². The average molecular weight is 282 g/mol. The molecule has 0 fully saturated rings. The molecule has 0 radical (unpaired) electrons. The lowest BCUT2D eigenvalue weighted by Crippen LogP contribution is -2.15. The molecule has 0 bridgehead atoms. The number of esters is 1. The molecule has 0 rings (SSSR count). The van der Waals surface area contributed by atoms with Crippen molar-refractivity contribution >= 4 is 11.8 Å². The van der Waals surface area contributed by atoms with Crippen LogP contribution in [0.15, 0.2) is 23.8 Å². The number of unbranched alkanes of at least 4 members (excludes halogenated alkanes) is 2. The number of allylic oxidation sites excluding steroid dienone is 3. The summed E-state index contributed by atoms with van der Waals surface area (Å²) in [5.74, 6) is -0.893. The van der Waals surface area contributed by atoms with E-state index in [1.54, 1.807) is 12.2 Å². The van der Waals surface area contributed by atoms with E-state index in [1.807, 2.05) is 6.08 Å². The van der Waals surface area contributed by atoms with E-state index in [4.69, 9.17) is 0 Å². The third-order valence-electron chi connectivity index (χ3n) is 2.89. The Balaban J connectivity index is 4.03. The van der Waals surface area contributed by atoms with Gasteiger partial charge in [0, 0.05) is 6.42 Å². The smallest absolute Gasteiger partial charge is 0.313 e. The first-order chi connectivity index (χ1) is 9.49. The second-order valence-corrected chi connectivity index (χ2v) is 4.92. The van der Waals surface area contributed by atoms with Crippen LogP contribution in [0.1, 0.15) is 52.4 Å². The number of aliphatic hydroxyl groups excluding tert-OH is 1. The van der Waals surface area contributed by atoms with Crippen LogP contribution in [0, 0.1) is 0 Å². The van der Waals surface area contributed by atoms with Crippen molar-refractivity contribution in [3.63, 3.8) is 0 Å². The molecule has 0 saturated carbocycles. The Bertz CT molecular complexity index is 355. The average Bonchev–Trinajstić information content (AvgIpc) is 2.38. The summed E-state index contributed by atoms with van der Waals surface area (Å²) < 4.78 is 4.39. The number of carbonyl (C=O) groups excluding carboxylic acids is 2. The minimum absolute atomic E-state index is 0.0612. The number of aliphatic hydroxyl groups is 1. The molecule has 0 saturated heterocycles. The Labute approximate surface area is 121 Å². The summed E-state index contributed by atoms with van der Waals surface area (Å²) in [6.45, 7) is 4.22. The fourth-order valence-corrected chi connectivity index (χ4v) is 1.69. The van der Waals surface area contributed by atoms with Gasteiger partial charge in [-0.25, -0.2) is 0 Å². The molecule has 114 valence electrons. The summed E-state index contributed by atoms with van der Waals surface area (Å²) in [6, 6.07) is 0. The first-order valence-corrected chi connectivity index (χ1v) is 7.10. The summed E-state index contributed by atoms with van der Waals surface area (Å²) in [5.41, 5.74) is 1.25. The maximum atomic E-state index is 11.4. The fraction of sp³-hybridized carbons (Fsp3) is 0.625. The van der Waals surface area contributed by atoms with Crippen molar-refractivity contribution < 1.29 is 19.4 Å². The van der Waals surface area contributed by atoms with Crippen LogP contribution in [0.4, 0.5) is 0 Å². The van der Waals surface area contributed by atoms with E-state index >= 15 is 0 Å². The summed E-state index contributed by atoms with van der Waals surface area (Å²) >= 11 is 0. The number of ketones is 1. The van der Waals surface area contributed by atoms with Gasteiger partial charge in [0.1, 0.15) is 12.2 Å². The monoisotopic (exact) mass is 282 g/mol. The third-order valence-corrected chi connectivity index (χ3v) is 2.89. The van der Waals surface area contributed by atoms with Crippen molar-refractivity contribution in [3.05, 3.63) is 23.8 Å². The molecule has 0 heterocycles. The standard InChI is InChI=1S/C16H26O4/c1-4-5-6-8-13(2)9-7-10-14(17)11-15(18)12-16(19)20-3/h7,9-10,14,17H,4-6,8,11-12H2,1-3H3. The van der Waals surface area contributed by atoms with Crippen molar-refractivity contribution in [2.24, 2.45) is 0 Å². The molecule has 0 aromatic heterocycles. The Hall–Kier alpha value is -1.42. The van der Waals surface area contributed by atoms with Gasteiger partial charge in [0.2, 0.25) is 0 Å². The second kappa shape index (κ2) is 11.4. The van der Waals surface area contributed by atoms with Crippen molar-refractivity contribution in [1.82, 2.24) is 0 Å². The maximum Gasteiger partial charge on any atom is 0.313 e. The Morgan fingerprint density at radius 2 is 2.00 bits per heavy atom. The number of ether oxygens (including phenoxy) is 1. The van der Waals surface area contributed by atoms with E-state index in [0.717, 1.165) is 6.42 Å². The minimum atomic E-state index is -0.855. The second-order valence-electron chi connectivity index (χ2n) is 4.92. The van der Waals surface area contributed by atoms with E-state index in [-0.39, 0.29) is 18.6 Å². The van der Waals surface area contributed by atoms with Crippen molar-refractivity contribution in [1.29, 1.82) is 0 Å². The molecule has 1 unspecified atom stereocenters. The predicted octanol–water partition coefficient (Wildman–Crippen LogP) is 2.95. The van der Waals surface area contributed by atoms with Crippen LogP contribution in [-0.4, -0.2) is 30.1 Å². The van der Waals surface area contributed by atoms with Crippen LogP contribution in [0.5, 0.6) is 0 Å². The Morgan fingerprint density at radius 3 is 2.60 bits per heavy atom. The maximum absolute atomic E-state index is 11.4. The predicted molar refractivity (Wildman–Crippen MR) is 79.3 cm³/mol. The van der Waals surface area contributed by atoms with Crippen LogP contribution >= 0.6 is 0 Å². The zero-order valence-corrected chi connectivity index (χ0v) is 12.7. The van der Waals surface area contributed by atoms with Gasteiger partial charge in [0.15, 0.2) is 0 Å². The molecular formula is C16H26O4. The molecule has 1 atom stereocenters. The van der Waals surface area contributed by atoms with E-state index < -0.39 is 12.1 Å². The number of carbonyl (C=O) groups is 2. The van der Waals surface area contributed by atoms with Gasteiger partial charge >= 0.3 is 5.97 Å². The van der Waals surface area contributed by atoms with Crippen LogP contribution in [0.2, 0.25) is 0 Å². The third kappa shape index (κ3) is 10.5. The number of methoxy groups -OCH3 is 1. The minimum Gasteiger partial charge on any atom is -0.469 e. The van der Waals surface area contributed by atoms with E-state index in [9.17, 15) is 14.7 Å². The summed E-state index contributed by atoms with van der Waals surface area (Å²) in [7, 11) is 1.23. The normalized spacial score (nSPS) is 13.5. The number of Topliss-reactive ketones (excluding diaryl/α,β-unsaturated/α-hetero) is 1. The lowest BCUT2D eigenvalue weighted by Gasteiger charge is -2.03. The van der Waals surface area contributed by atoms with Crippen molar-refractivity contribution in [2.45, 2.75) is 58.5 Å². The lowest BCUT2D eigenvalue weighted by molar-refractivity contribution is -0.143. The van der Waals surface area contributed by atoms with E-state index in [0.29, 0.717) is 0 Å². The first-order valence-electron chi connectivity index (χ1n) is 7.10. The highest BCUT2D eigenvalue weighted by Gasteiger charge is 2.12. The first kappa shape index (κ1) is 18.6. The molecule has 0 aliphatic carbocycles. The molecule has 4 heteroatoms. The fourth-order valence-electron chi connectivity index (χ4n) is 1.69. The number of hydrogen-bond donors (Lipinski definition) is 1. The van der Waals surface area contributed by atoms with Crippen LogP contribution < -0.4 is 0 Å². The molecule has 1 N–H and O–H groups in total. The van der Waals surface area contributed by atoms with Gasteiger partial charge in [0.05, 0.1) is 13.2 Å². The van der Waals surface area contributed by atoms with Gasteiger partial charge in [-0.2, -0.15) is 0 Å². The topological polar surface area (TPSA) is 63.6 Å².